The molecule has 1 fully saturated rings. The Kier molecular flexibility index (Phi) is 5.23. The molecule has 0 saturated carbocycles. The largest absolute Gasteiger partial charge is 0.496 e. The van der Waals surface area contributed by atoms with Gasteiger partial charge in [0.2, 0.25) is 0 Å². The van der Waals surface area contributed by atoms with Crippen LogP contribution in [0, 0.1) is 0 Å². The minimum atomic E-state index is -0.718. The Labute approximate surface area is 164 Å². The standard InChI is InChI=1S/C20H26N4O4/c1-27-16-5-6-17(28-2)20-14(16)9-23(10-15(20)26)18-8-19(22-12-21-18)24-7-3-4-13(24)11-25/h5-6,8,12-13,15,25-26H,3-4,7,9-11H2,1-2H3. The molecule has 2 aliphatic rings. The number of fused-ring (bicyclic) bond motifs is 1. The first-order valence-electron chi connectivity index (χ1n) is 9.52. The van der Waals surface area contributed by atoms with E-state index >= 15 is 0 Å². The fourth-order valence-electron chi connectivity index (χ4n) is 4.25. The lowest BCUT2D eigenvalue weighted by molar-refractivity contribution is 0.169. The third-order valence-electron chi connectivity index (χ3n) is 5.63. The van der Waals surface area contributed by atoms with Crippen molar-refractivity contribution in [1.29, 1.82) is 0 Å². The summed E-state index contributed by atoms with van der Waals surface area (Å²) in [5.74, 6) is 2.92. The molecule has 0 spiro atoms. The predicted octanol–water partition coefficient (Wildman–Crippen LogP) is 1.51. The molecule has 8 nitrogen and oxygen atoms in total. The van der Waals surface area contributed by atoms with Gasteiger partial charge in [0.05, 0.1) is 33.4 Å². The van der Waals surface area contributed by atoms with Crippen molar-refractivity contribution in [2.24, 2.45) is 0 Å². The van der Waals surface area contributed by atoms with Gasteiger partial charge in [0, 0.05) is 30.3 Å². The predicted molar refractivity (Wildman–Crippen MR) is 105 cm³/mol. The topological polar surface area (TPSA) is 91.2 Å². The van der Waals surface area contributed by atoms with E-state index in [0.29, 0.717) is 24.6 Å². The molecule has 4 rings (SSSR count). The molecule has 1 aromatic carbocycles. The van der Waals surface area contributed by atoms with Crippen LogP contribution >= 0.6 is 0 Å². The molecular formula is C20H26N4O4. The summed E-state index contributed by atoms with van der Waals surface area (Å²) in [6.45, 7) is 1.94. The second-order valence-corrected chi connectivity index (χ2v) is 7.17. The van der Waals surface area contributed by atoms with Gasteiger partial charge in [-0.15, -0.1) is 0 Å². The highest BCUT2D eigenvalue weighted by atomic mass is 16.5. The average Bonchev–Trinajstić information content (AvgIpc) is 3.22. The minimum absolute atomic E-state index is 0.0970. The number of rotatable bonds is 5. The number of benzene rings is 1. The van der Waals surface area contributed by atoms with Gasteiger partial charge in [0.15, 0.2) is 0 Å². The van der Waals surface area contributed by atoms with Crippen LogP contribution < -0.4 is 19.3 Å². The lowest BCUT2D eigenvalue weighted by Crippen LogP contribution is -2.36. The molecule has 0 amide bonds. The molecule has 2 aliphatic heterocycles. The van der Waals surface area contributed by atoms with Crippen molar-refractivity contribution in [1.82, 2.24) is 9.97 Å². The van der Waals surface area contributed by atoms with Gasteiger partial charge in [-0.05, 0) is 25.0 Å². The highest BCUT2D eigenvalue weighted by Crippen LogP contribution is 2.40. The molecule has 150 valence electrons. The van der Waals surface area contributed by atoms with Crippen LogP contribution in [0.3, 0.4) is 0 Å². The number of anilines is 2. The SMILES string of the molecule is COc1ccc(OC)c2c1CN(c1cc(N3CCCC3CO)ncn1)CC2O. The fourth-order valence-corrected chi connectivity index (χ4v) is 4.25. The van der Waals surface area contributed by atoms with Crippen LogP contribution in [0.25, 0.3) is 0 Å². The summed E-state index contributed by atoms with van der Waals surface area (Å²) in [5, 5.41) is 20.4. The van der Waals surface area contributed by atoms with Crippen LogP contribution in [0.1, 0.15) is 30.1 Å². The molecule has 1 saturated heterocycles. The third-order valence-corrected chi connectivity index (χ3v) is 5.63. The lowest BCUT2D eigenvalue weighted by Gasteiger charge is -2.35. The number of aliphatic hydroxyl groups is 2. The maximum absolute atomic E-state index is 10.8. The Bertz CT molecular complexity index is 847. The molecular weight excluding hydrogens is 360 g/mol. The molecule has 28 heavy (non-hydrogen) atoms. The Morgan fingerprint density at radius 1 is 1.14 bits per heavy atom. The Morgan fingerprint density at radius 2 is 1.89 bits per heavy atom. The molecule has 1 aromatic heterocycles. The van der Waals surface area contributed by atoms with Crippen molar-refractivity contribution in [3.8, 4) is 11.5 Å². The Morgan fingerprint density at radius 3 is 2.64 bits per heavy atom. The summed E-state index contributed by atoms with van der Waals surface area (Å²) in [4.78, 5) is 13.0. The van der Waals surface area contributed by atoms with Crippen molar-refractivity contribution >= 4 is 11.6 Å². The zero-order valence-corrected chi connectivity index (χ0v) is 16.2. The van der Waals surface area contributed by atoms with E-state index in [4.69, 9.17) is 9.47 Å². The molecule has 0 radical (unpaired) electrons. The molecule has 2 N–H and O–H groups in total. The molecule has 3 heterocycles. The first-order valence-corrected chi connectivity index (χ1v) is 9.52. The summed E-state index contributed by atoms with van der Waals surface area (Å²) >= 11 is 0. The smallest absolute Gasteiger partial charge is 0.134 e. The molecule has 0 bridgehead atoms. The fraction of sp³-hybridized carbons (Fsp3) is 0.500. The van der Waals surface area contributed by atoms with E-state index in [1.807, 2.05) is 23.1 Å². The summed E-state index contributed by atoms with van der Waals surface area (Å²) in [6.07, 6.45) is 2.83. The Hall–Kier alpha value is -2.58. The van der Waals surface area contributed by atoms with Crippen LogP contribution in [0.2, 0.25) is 0 Å². The normalized spacial score (nSPS) is 21.6. The minimum Gasteiger partial charge on any atom is -0.496 e. The van der Waals surface area contributed by atoms with Gasteiger partial charge in [-0.1, -0.05) is 0 Å². The maximum Gasteiger partial charge on any atom is 0.134 e. The zero-order valence-electron chi connectivity index (χ0n) is 16.2. The number of aromatic nitrogens is 2. The first kappa shape index (κ1) is 18.8. The van der Waals surface area contributed by atoms with E-state index in [2.05, 4.69) is 14.9 Å². The molecule has 2 atom stereocenters. The van der Waals surface area contributed by atoms with Gasteiger partial charge >= 0.3 is 0 Å². The van der Waals surface area contributed by atoms with E-state index in [9.17, 15) is 10.2 Å². The summed E-state index contributed by atoms with van der Waals surface area (Å²) < 4.78 is 11.0. The van der Waals surface area contributed by atoms with Crippen molar-refractivity contribution in [3.63, 3.8) is 0 Å². The molecule has 8 heteroatoms. The quantitative estimate of drug-likeness (QED) is 0.799. The number of hydrogen-bond donors (Lipinski definition) is 2. The van der Waals surface area contributed by atoms with E-state index in [-0.39, 0.29) is 12.6 Å². The highest BCUT2D eigenvalue weighted by molar-refractivity contribution is 5.57. The Balaban J connectivity index is 1.66. The van der Waals surface area contributed by atoms with Crippen molar-refractivity contribution < 1.29 is 19.7 Å². The molecule has 0 aliphatic carbocycles. The number of nitrogens with zero attached hydrogens (tertiary/aromatic N) is 4. The van der Waals surface area contributed by atoms with Gasteiger partial charge in [-0.2, -0.15) is 0 Å². The van der Waals surface area contributed by atoms with Crippen LogP contribution in [0.4, 0.5) is 11.6 Å². The number of ether oxygens (including phenoxy) is 2. The average molecular weight is 386 g/mol. The van der Waals surface area contributed by atoms with Gasteiger partial charge < -0.3 is 29.5 Å². The first-order chi connectivity index (χ1) is 13.7. The second-order valence-electron chi connectivity index (χ2n) is 7.17. The van der Waals surface area contributed by atoms with Gasteiger partial charge in [-0.25, -0.2) is 9.97 Å². The van der Waals surface area contributed by atoms with Crippen molar-refractivity contribution in [2.75, 3.05) is 43.7 Å². The summed E-state index contributed by atoms with van der Waals surface area (Å²) in [5.41, 5.74) is 1.67. The van der Waals surface area contributed by atoms with Crippen molar-refractivity contribution in [2.45, 2.75) is 31.5 Å². The van der Waals surface area contributed by atoms with E-state index in [1.54, 1.807) is 20.5 Å². The molecule has 2 unspecified atom stereocenters. The number of methoxy groups -OCH3 is 2. The van der Waals surface area contributed by atoms with Gasteiger partial charge in [-0.3, -0.25) is 0 Å². The van der Waals surface area contributed by atoms with Gasteiger partial charge in [0.1, 0.15) is 35.6 Å². The van der Waals surface area contributed by atoms with Crippen LogP contribution in [-0.2, 0) is 6.54 Å². The van der Waals surface area contributed by atoms with Crippen LogP contribution in [0.5, 0.6) is 11.5 Å². The van der Waals surface area contributed by atoms with Crippen molar-refractivity contribution in [3.05, 3.63) is 35.7 Å². The lowest BCUT2D eigenvalue weighted by atomic mass is 9.95. The summed E-state index contributed by atoms with van der Waals surface area (Å²) in [6, 6.07) is 5.70. The number of β-amino-alcohol motifs (C(OH)–C–C–N with tert-alkyl or cyclic N) is 1. The van der Waals surface area contributed by atoms with Gasteiger partial charge in [0.25, 0.3) is 0 Å². The van der Waals surface area contributed by atoms with E-state index in [1.165, 1.54) is 0 Å². The van der Waals surface area contributed by atoms with E-state index < -0.39 is 6.10 Å². The number of hydrogen-bond acceptors (Lipinski definition) is 8. The maximum atomic E-state index is 10.8. The van der Waals surface area contributed by atoms with E-state index in [0.717, 1.165) is 42.1 Å². The summed E-state index contributed by atoms with van der Waals surface area (Å²) in [7, 11) is 3.23. The third kappa shape index (κ3) is 3.22. The number of aliphatic hydroxyl groups excluding tert-OH is 2. The highest BCUT2D eigenvalue weighted by Gasteiger charge is 2.31. The second kappa shape index (κ2) is 7.81. The zero-order chi connectivity index (χ0) is 19.7. The van der Waals surface area contributed by atoms with Crippen LogP contribution in [-0.4, -0.2) is 60.1 Å². The molecule has 2 aromatic rings. The van der Waals surface area contributed by atoms with Crippen LogP contribution in [0.15, 0.2) is 24.5 Å². The monoisotopic (exact) mass is 386 g/mol.